The fourth-order valence-corrected chi connectivity index (χ4v) is 2.87. The first-order chi connectivity index (χ1) is 10.4. The predicted molar refractivity (Wildman–Crippen MR) is 78.3 cm³/mol. The molecule has 2 amide bonds. The number of urea groups is 1. The molecule has 0 bridgehead atoms. The molecule has 1 aliphatic carbocycles. The van der Waals surface area contributed by atoms with Crippen molar-refractivity contribution in [1.82, 2.24) is 10.6 Å². The summed E-state index contributed by atoms with van der Waals surface area (Å²) in [6.45, 7) is 1.84. The summed E-state index contributed by atoms with van der Waals surface area (Å²) in [5, 5.41) is 5.44. The van der Waals surface area contributed by atoms with Crippen LogP contribution >= 0.6 is 0 Å². The number of amides is 2. The first kappa shape index (κ1) is 16.6. The number of hydrogen-bond acceptors (Lipinski definition) is 1. The van der Waals surface area contributed by atoms with E-state index in [1.165, 1.54) is 0 Å². The molecular formula is C16H21F3N2O. The minimum atomic E-state index is -4.17. The average Bonchev–Trinajstić information content (AvgIpc) is 2.47. The molecule has 1 aliphatic rings. The second-order valence-electron chi connectivity index (χ2n) is 5.85. The van der Waals surface area contributed by atoms with E-state index in [0.29, 0.717) is 12.8 Å². The molecule has 0 heterocycles. The molecule has 0 unspecified atom stereocenters. The van der Waals surface area contributed by atoms with Crippen molar-refractivity contribution in [2.45, 2.75) is 50.9 Å². The molecule has 2 N–H and O–H groups in total. The zero-order chi connectivity index (χ0) is 16.2. The monoisotopic (exact) mass is 314 g/mol. The van der Waals surface area contributed by atoms with E-state index in [2.05, 4.69) is 10.6 Å². The minimum absolute atomic E-state index is 0.0311. The van der Waals surface area contributed by atoms with Crippen molar-refractivity contribution in [1.29, 1.82) is 0 Å². The van der Waals surface area contributed by atoms with Gasteiger partial charge in [0.25, 0.3) is 0 Å². The maximum Gasteiger partial charge on any atom is 0.391 e. The van der Waals surface area contributed by atoms with Crippen LogP contribution < -0.4 is 10.6 Å². The second kappa shape index (κ2) is 7.03. The molecule has 0 saturated heterocycles. The van der Waals surface area contributed by atoms with Gasteiger partial charge in [-0.2, -0.15) is 13.2 Å². The number of nitrogens with one attached hydrogen (secondary N) is 2. The summed E-state index contributed by atoms with van der Waals surface area (Å²) in [7, 11) is 0. The number of rotatable bonds is 3. The predicted octanol–water partition coefficient (Wildman–Crippen LogP) is 4.17. The third kappa shape index (κ3) is 4.64. The summed E-state index contributed by atoms with van der Waals surface area (Å²) in [4.78, 5) is 11.9. The van der Waals surface area contributed by atoms with Gasteiger partial charge < -0.3 is 10.6 Å². The molecule has 0 aliphatic heterocycles. The van der Waals surface area contributed by atoms with Crippen molar-refractivity contribution < 1.29 is 18.0 Å². The van der Waals surface area contributed by atoms with Crippen LogP contribution in [0.1, 0.15) is 44.2 Å². The molecule has 1 aromatic carbocycles. The fraction of sp³-hybridized carbons (Fsp3) is 0.562. The molecule has 3 atom stereocenters. The van der Waals surface area contributed by atoms with Gasteiger partial charge >= 0.3 is 12.2 Å². The summed E-state index contributed by atoms with van der Waals surface area (Å²) in [6.07, 6.45) is -2.96. The van der Waals surface area contributed by atoms with Crippen LogP contribution in [0.3, 0.4) is 0 Å². The van der Waals surface area contributed by atoms with Crippen LogP contribution in [0, 0.1) is 5.92 Å². The Labute approximate surface area is 128 Å². The van der Waals surface area contributed by atoms with Gasteiger partial charge in [-0.25, -0.2) is 4.79 Å². The Bertz CT molecular complexity index is 490. The van der Waals surface area contributed by atoms with Gasteiger partial charge in [0.2, 0.25) is 0 Å². The molecule has 1 aromatic rings. The summed E-state index contributed by atoms with van der Waals surface area (Å²) in [5.74, 6) is -1.31. The largest absolute Gasteiger partial charge is 0.391 e. The molecule has 6 heteroatoms. The van der Waals surface area contributed by atoms with Crippen LogP contribution in [-0.2, 0) is 0 Å². The number of carbonyl (C=O) groups excluding carboxylic acids is 1. The van der Waals surface area contributed by atoms with Gasteiger partial charge in [-0.05, 0) is 31.7 Å². The highest BCUT2D eigenvalue weighted by Gasteiger charge is 2.42. The van der Waals surface area contributed by atoms with Crippen LogP contribution in [0.15, 0.2) is 30.3 Å². The van der Waals surface area contributed by atoms with Crippen molar-refractivity contribution in [3.8, 4) is 0 Å². The van der Waals surface area contributed by atoms with E-state index < -0.39 is 24.2 Å². The first-order valence-electron chi connectivity index (χ1n) is 7.55. The van der Waals surface area contributed by atoms with Gasteiger partial charge in [0, 0.05) is 6.04 Å². The highest BCUT2D eigenvalue weighted by atomic mass is 19.4. The lowest BCUT2D eigenvalue weighted by atomic mass is 9.85. The van der Waals surface area contributed by atoms with Crippen LogP contribution in [0.25, 0.3) is 0 Å². The second-order valence-corrected chi connectivity index (χ2v) is 5.85. The molecule has 3 nitrogen and oxygen atoms in total. The molecule has 1 saturated carbocycles. The van der Waals surface area contributed by atoms with Gasteiger partial charge in [0.1, 0.15) is 0 Å². The molecule has 0 spiro atoms. The van der Waals surface area contributed by atoms with Gasteiger partial charge in [0.05, 0.1) is 12.0 Å². The Balaban J connectivity index is 1.84. The Morgan fingerprint density at radius 3 is 2.55 bits per heavy atom. The number of carbonyl (C=O) groups is 1. The quantitative estimate of drug-likeness (QED) is 0.864. The molecule has 122 valence electrons. The lowest BCUT2D eigenvalue weighted by Crippen LogP contribution is -2.46. The fourth-order valence-electron chi connectivity index (χ4n) is 2.87. The molecule has 1 fully saturated rings. The van der Waals surface area contributed by atoms with Crippen LogP contribution in [0.5, 0.6) is 0 Å². The third-order valence-electron chi connectivity index (χ3n) is 4.12. The topological polar surface area (TPSA) is 41.1 Å². The van der Waals surface area contributed by atoms with Crippen molar-refractivity contribution in [3.63, 3.8) is 0 Å². The van der Waals surface area contributed by atoms with E-state index in [1.54, 1.807) is 0 Å². The normalized spacial score (nSPS) is 23.6. The summed E-state index contributed by atoms with van der Waals surface area (Å²) in [6, 6.07) is 8.41. The Hall–Kier alpha value is -1.72. The lowest BCUT2D eigenvalue weighted by Gasteiger charge is -2.31. The van der Waals surface area contributed by atoms with E-state index >= 15 is 0 Å². The number of halogens is 3. The van der Waals surface area contributed by atoms with E-state index in [4.69, 9.17) is 0 Å². The third-order valence-corrected chi connectivity index (χ3v) is 4.12. The van der Waals surface area contributed by atoms with E-state index in [9.17, 15) is 18.0 Å². The average molecular weight is 314 g/mol. The van der Waals surface area contributed by atoms with Gasteiger partial charge in [-0.3, -0.25) is 0 Å². The highest BCUT2D eigenvalue weighted by Crippen LogP contribution is 2.37. The Morgan fingerprint density at radius 1 is 1.23 bits per heavy atom. The molecule has 2 rings (SSSR count). The van der Waals surface area contributed by atoms with E-state index in [0.717, 1.165) is 5.56 Å². The molecule has 0 aromatic heterocycles. The lowest BCUT2D eigenvalue weighted by molar-refractivity contribution is -0.183. The van der Waals surface area contributed by atoms with Crippen LogP contribution in [0.4, 0.5) is 18.0 Å². The zero-order valence-electron chi connectivity index (χ0n) is 12.5. The van der Waals surface area contributed by atoms with Crippen molar-refractivity contribution in [2.75, 3.05) is 0 Å². The van der Waals surface area contributed by atoms with E-state index in [1.807, 2.05) is 37.3 Å². The van der Waals surface area contributed by atoms with Gasteiger partial charge in [-0.15, -0.1) is 0 Å². The maximum atomic E-state index is 12.8. The summed E-state index contributed by atoms with van der Waals surface area (Å²) < 4.78 is 38.3. The summed E-state index contributed by atoms with van der Waals surface area (Å²) in [5.41, 5.74) is 0.953. The van der Waals surface area contributed by atoms with Crippen LogP contribution in [0.2, 0.25) is 0 Å². The molecule has 0 radical (unpaired) electrons. The van der Waals surface area contributed by atoms with Crippen LogP contribution in [-0.4, -0.2) is 18.2 Å². The van der Waals surface area contributed by atoms with Crippen molar-refractivity contribution in [3.05, 3.63) is 35.9 Å². The minimum Gasteiger partial charge on any atom is -0.335 e. The maximum absolute atomic E-state index is 12.8. The number of benzene rings is 1. The van der Waals surface area contributed by atoms with E-state index in [-0.39, 0.29) is 18.9 Å². The Kier molecular flexibility index (Phi) is 5.32. The van der Waals surface area contributed by atoms with Gasteiger partial charge in [0.15, 0.2) is 0 Å². The zero-order valence-corrected chi connectivity index (χ0v) is 12.5. The van der Waals surface area contributed by atoms with Crippen molar-refractivity contribution >= 4 is 6.03 Å². The molecule has 22 heavy (non-hydrogen) atoms. The van der Waals surface area contributed by atoms with Gasteiger partial charge in [-0.1, -0.05) is 36.8 Å². The Morgan fingerprint density at radius 2 is 1.91 bits per heavy atom. The standard InChI is InChI=1S/C16H21F3N2O/c1-11(12-6-3-2-4-7-12)20-15(22)21-14-9-5-8-13(10-14)16(17,18)19/h2-4,6-7,11,13-14H,5,8-10H2,1H3,(H2,20,21,22)/t11-,13+,14+/m0/s1. The number of alkyl halides is 3. The first-order valence-corrected chi connectivity index (χ1v) is 7.55. The smallest absolute Gasteiger partial charge is 0.335 e. The van der Waals surface area contributed by atoms with Crippen molar-refractivity contribution in [2.24, 2.45) is 5.92 Å². The summed E-state index contributed by atoms with van der Waals surface area (Å²) >= 11 is 0. The SMILES string of the molecule is C[C@H](NC(=O)N[C@@H]1CCC[C@@H](C(F)(F)F)C1)c1ccccc1. The number of hydrogen-bond donors (Lipinski definition) is 2. The molecular weight excluding hydrogens is 293 g/mol. The highest BCUT2D eigenvalue weighted by molar-refractivity contribution is 5.74.